The number of hydrogen-bond acceptors (Lipinski definition) is 5. The SMILES string of the molecule is CCC(=C(c1ccccc1)c1ccc(C=CC(=O)NS(=O)(=O)c2ccc(NC(=O)CN(C)C)cc2)cc1)c1ccccc1. The fourth-order valence-corrected chi connectivity index (χ4v) is 5.59. The van der Waals surface area contributed by atoms with Gasteiger partial charge in [0.1, 0.15) is 0 Å². The summed E-state index contributed by atoms with van der Waals surface area (Å²) in [5.74, 6) is -0.990. The molecule has 220 valence electrons. The number of benzene rings is 4. The topological polar surface area (TPSA) is 95.6 Å². The van der Waals surface area contributed by atoms with E-state index in [-0.39, 0.29) is 17.3 Å². The third-order valence-corrected chi connectivity index (χ3v) is 7.97. The second-order valence-electron chi connectivity index (χ2n) is 10.2. The number of carbonyl (C=O) groups excluding carboxylic acids is 2. The maximum absolute atomic E-state index is 12.7. The molecule has 4 aromatic carbocycles. The lowest BCUT2D eigenvalue weighted by molar-refractivity contribution is -0.117. The lowest BCUT2D eigenvalue weighted by atomic mass is 9.88. The number of likely N-dealkylation sites (N-methyl/N-ethyl adjacent to an activating group) is 1. The largest absolute Gasteiger partial charge is 0.325 e. The summed E-state index contributed by atoms with van der Waals surface area (Å²) in [5.41, 5.74) is 6.88. The summed E-state index contributed by atoms with van der Waals surface area (Å²) in [4.78, 5) is 26.1. The lowest BCUT2D eigenvalue weighted by Gasteiger charge is -2.16. The third-order valence-electron chi connectivity index (χ3n) is 6.61. The van der Waals surface area contributed by atoms with Crippen LogP contribution in [0.15, 0.2) is 120 Å². The standard InChI is InChI=1S/C35H35N3O4S/c1-4-32(27-11-7-5-8-12-27)35(28-13-9-6-10-14-28)29-18-15-26(16-19-29)17-24-33(39)37-43(41,42)31-22-20-30(21-23-31)36-34(40)25-38(2)3/h5-24H,4,25H2,1-3H3,(H,36,40)(H,37,39). The van der Waals surface area contributed by atoms with Gasteiger partial charge < -0.3 is 10.2 Å². The highest BCUT2D eigenvalue weighted by atomic mass is 32.2. The van der Waals surface area contributed by atoms with E-state index in [9.17, 15) is 18.0 Å². The minimum absolute atomic E-state index is 0.0883. The number of nitrogens with zero attached hydrogens (tertiary/aromatic N) is 1. The van der Waals surface area contributed by atoms with E-state index in [1.807, 2.05) is 60.7 Å². The van der Waals surface area contributed by atoms with Crippen molar-refractivity contribution >= 4 is 44.7 Å². The summed E-state index contributed by atoms with van der Waals surface area (Å²) in [6.07, 6.45) is 3.61. The summed E-state index contributed by atoms with van der Waals surface area (Å²) >= 11 is 0. The molecule has 0 spiro atoms. The molecule has 0 saturated carbocycles. The van der Waals surface area contributed by atoms with E-state index in [1.165, 1.54) is 35.9 Å². The number of allylic oxidation sites excluding steroid dienone is 1. The van der Waals surface area contributed by atoms with Gasteiger partial charge in [-0.15, -0.1) is 0 Å². The zero-order chi connectivity index (χ0) is 30.8. The van der Waals surface area contributed by atoms with Gasteiger partial charge in [-0.25, -0.2) is 13.1 Å². The molecule has 0 aliphatic carbocycles. The molecule has 7 nitrogen and oxygen atoms in total. The molecular formula is C35H35N3O4S. The summed E-state index contributed by atoms with van der Waals surface area (Å²) in [6, 6.07) is 34.0. The van der Waals surface area contributed by atoms with Crippen LogP contribution < -0.4 is 10.0 Å². The van der Waals surface area contributed by atoms with Crippen molar-refractivity contribution in [3.8, 4) is 0 Å². The van der Waals surface area contributed by atoms with Crippen molar-refractivity contribution in [3.63, 3.8) is 0 Å². The number of carbonyl (C=O) groups is 2. The quantitative estimate of drug-likeness (QED) is 0.163. The van der Waals surface area contributed by atoms with Crippen LogP contribution in [0.25, 0.3) is 17.2 Å². The van der Waals surface area contributed by atoms with Crippen LogP contribution in [0.5, 0.6) is 0 Å². The predicted octanol–water partition coefficient (Wildman–Crippen LogP) is 6.07. The molecule has 0 aliphatic heterocycles. The van der Waals surface area contributed by atoms with E-state index >= 15 is 0 Å². The van der Waals surface area contributed by atoms with Crippen LogP contribution >= 0.6 is 0 Å². The van der Waals surface area contributed by atoms with Crippen LogP contribution in [0, 0.1) is 0 Å². The van der Waals surface area contributed by atoms with Crippen molar-refractivity contribution in [3.05, 3.63) is 138 Å². The van der Waals surface area contributed by atoms with E-state index in [0.29, 0.717) is 5.69 Å². The molecular weight excluding hydrogens is 558 g/mol. The fourth-order valence-electron chi connectivity index (χ4n) is 4.65. The minimum Gasteiger partial charge on any atom is -0.325 e. The van der Waals surface area contributed by atoms with Gasteiger partial charge in [0.2, 0.25) is 5.91 Å². The van der Waals surface area contributed by atoms with Crippen LogP contribution in [0.2, 0.25) is 0 Å². The van der Waals surface area contributed by atoms with Crippen molar-refractivity contribution in [2.45, 2.75) is 18.2 Å². The van der Waals surface area contributed by atoms with Crippen LogP contribution in [0.3, 0.4) is 0 Å². The van der Waals surface area contributed by atoms with Crippen molar-refractivity contribution in [1.29, 1.82) is 0 Å². The third kappa shape index (κ3) is 8.61. The summed E-state index contributed by atoms with van der Waals surface area (Å²) < 4.78 is 27.5. The van der Waals surface area contributed by atoms with Crippen LogP contribution in [-0.4, -0.2) is 45.8 Å². The van der Waals surface area contributed by atoms with Gasteiger partial charge in [0.15, 0.2) is 0 Å². The van der Waals surface area contributed by atoms with Crippen LogP contribution in [0.4, 0.5) is 5.69 Å². The molecule has 0 bridgehead atoms. The molecule has 43 heavy (non-hydrogen) atoms. The molecule has 0 aliphatic rings. The Bertz CT molecular complexity index is 1710. The zero-order valence-electron chi connectivity index (χ0n) is 24.4. The highest BCUT2D eigenvalue weighted by Gasteiger charge is 2.17. The van der Waals surface area contributed by atoms with Gasteiger partial charge in [0.25, 0.3) is 15.9 Å². The van der Waals surface area contributed by atoms with E-state index in [0.717, 1.165) is 34.2 Å². The Morgan fingerprint density at radius 2 is 1.30 bits per heavy atom. The van der Waals surface area contributed by atoms with E-state index < -0.39 is 15.9 Å². The number of rotatable bonds is 11. The Kier molecular flexibility index (Phi) is 10.4. The Morgan fingerprint density at radius 1 is 0.744 bits per heavy atom. The number of anilines is 1. The van der Waals surface area contributed by atoms with Gasteiger partial charge >= 0.3 is 0 Å². The van der Waals surface area contributed by atoms with Gasteiger partial charge in [-0.05, 0) is 84.3 Å². The fraction of sp³-hybridized carbons (Fsp3) is 0.143. The molecule has 0 radical (unpaired) electrons. The Balaban J connectivity index is 1.48. The number of amides is 2. The van der Waals surface area contributed by atoms with Crippen molar-refractivity contribution < 1.29 is 18.0 Å². The zero-order valence-corrected chi connectivity index (χ0v) is 25.3. The molecule has 0 atom stereocenters. The van der Waals surface area contributed by atoms with Gasteiger partial charge in [0, 0.05) is 11.8 Å². The minimum atomic E-state index is -4.09. The maximum atomic E-state index is 12.7. The van der Waals surface area contributed by atoms with E-state index in [1.54, 1.807) is 25.1 Å². The molecule has 2 amide bonds. The van der Waals surface area contributed by atoms with Crippen molar-refractivity contribution in [1.82, 2.24) is 9.62 Å². The monoisotopic (exact) mass is 593 g/mol. The molecule has 0 aromatic heterocycles. The molecule has 4 aromatic rings. The maximum Gasteiger partial charge on any atom is 0.264 e. The molecule has 2 N–H and O–H groups in total. The Hall–Kier alpha value is -4.79. The number of nitrogens with one attached hydrogen (secondary N) is 2. The summed E-state index contributed by atoms with van der Waals surface area (Å²) in [6.45, 7) is 2.34. The molecule has 8 heteroatoms. The molecule has 0 saturated heterocycles. The summed E-state index contributed by atoms with van der Waals surface area (Å²) in [7, 11) is -0.546. The van der Waals surface area contributed by atoms with Gasteiger partial charge in [-0.2, -0.15) is 0 Å². The van der Waals surface area contributed by atoms with Crippen LogP contribution in [0.1, 0.15) is 35.6 Å². The first-order chi connectivity index (χ1) is 20.7. The normalized spacial score (nSPS) is 12.2. The molecule has 0 heterocycles. The number of hydrogen-bond donors (Lipinski definition) is 2. The average molecular weight is 594 g/mol. The van der Waals surface area contributed by atoms with Crippen LogP contribution in [-0.2, 0) is 19.6 Å². The van der Waals surface area contributed by atoms with Crippen molar-refractivity contribution in [2.24, 2.45) is 0 Å². The van der Waals surface area contributed by atoms with Gasteiger partial charge in [-0.3, -0.25) is 9.59 Å². The molecule has 4 rings (SSSR count). The highest BCUT2D eigenvalue weighted by molar-refractivity contribution is 7.90. The first-order valence-electron chi connectivity index (χ1n) is 13.9. The van der Waals surface area contributed by atoms with Gasteiger partial charge in [0.05, 0.1) is 11.4 Å². The molecule has 0 unspecified atom stereocenters. The molecule has 0 fully saturated rings. The second-order valence-corrected chi connectivity index (χ2v) is 11.9. The predicted molar refractivity (Wildman–Crippen MR) is 174 cm³/mol. The lowest BCUT2D eigenvalue weighted by Crippen LogP contribution is -2.29. The first kappa shape index (κ1) is 31.2. The van der Waals surface area contributed by atoms with E-state index in [2.05, 4.69) is 41.2 Å². The first-order valence-corrected chi connectivity index (χ1v) is 15.4. The smallest absolute Gasteiger partial charge is 0.264 e. The average Bonchev–Trinajstić information content (AvgIpc) is 2.99. The Morgan fingerprint density at radius 3 is 1.86 bits per heavy atom. The van der Waals surface area contributed by atoms with Crippen molar-refractivity contribution in [2.75, 3.05) is 26.0 Å². The highest BCUT2D eigenvalue weighted by Crippen LogP contribution is 2.34. The number of sulfonamides is 1. The van der Waals surface area contributed by atoms with E-state index in [4.69, 9.17) is 0 Å². The Labute approximate surface area is 253 Å². The van der Waals surface area contributed by atoms with Gasteiger partial charge in [-0.1, -0.05) is 91.9 Å². The summed E-state index contributed by atoms with van der Waals surface area (Å²) in [5, 5.41) is 2.69. The second kappa shape index (κ2) is 14.4.